The molecule has 0 aliphatic heterocycles. The Morgan fingerprint density at radius 2 is 1.32 bits per heavy atom. The number of benzene rings is 4. The minimum Gasteiger partial charge on any atom is -0.480 e. The monoisotopic (exact) mass is 511 g/mol. The average Bonchev–Trinajstić information content (AvgIpc) is 2.89. The molecule has 4 aromatic rings. The number of carboxylic acids is 1. The number of carboxylic acid groups (broad SMARTS) is 1. The zero-order valence-corrected chi connectivity index (χ0v) is 21.9. The van der Waals surface area contributed by atoms with Crippen molar-refractivity contribution >= 4 is 23.5 Å². The van der Waals surface area contributed by atoms with Crippen molar-refractivity contribution in [2.24, 2.45) is 0 Å². The lowest BCUT2D eigenvalue weighted by Gasteiger charge is -2.19. The quantitative estimate of drug-likeness (QED) is 0.271. The molecule has 1 amide bonds. The standard InChI is InChI=1S/C32H30ClNO3/c1-32(2,3)26-16-13-24(14-17-26)25-15-18-28(33)27(20-25)30(35)34-29(31(36)37)19-21-9-11-23(12-10-21)22-7-5-4-6-8-22/h4-18,20,29H,19H2,1-3H3,(H,34,35)(H,36,37). The van der Waals surface area contributed by atoms with E-state index in [9.17, 15) is 14.7 Å². The molecule has 0 saturated carbocycles. The average molecular weight is 512 g/mol. The fourth-order valence-electron chi connectivity index (χ4n) is 4.18. The molecule has 0 heterocycles. The Bertz CT molecular complexity index is 1390. The van der Waals surface area contributed by atoms with Crippen molar-refractivity contribution in [1.82, 2.24) is 5.32 Å². The lowest BCUT2D eigenvalue weighted by molar-refractivity contribution is -0.139. The smallest absolute Gasteiger partial charge is 0.326 e. The fraction of sp³-hybridized carbons (Fsp3) is 0.188. The summed E-state index contributed by atoms with van der Waals surface area (Å²) < 4.78 is 0. The molecule has 1 unspecified atom stereocenters. The van der Waals surface area contributed by atoms with Gasteiger partial charge < -0.3 is 10.4 Å². The highest BCUT2D eigenvalue weighted by molar-refractivity contribution is 6.34. The van der Waals surface area contributed by atoms with E-state index in [0.717, 1.165) is 27.8 Å². The Labute approximate surface area is 222 Å². The van der Waals surface area contributed by atoms with E-state index < -0.39 is 17.9 Å². The van der Waals surface area contributed by atoms with Gasteiger partial charge in [-0.25, -0.2) is 4.79 Å². The number of hydrogen-bond donors (Lipinski definition) is 2. The SMILES string of the molecule is CC(C)(C)c1ccc(-c2ccc(Cl)c(C(=O)NC(Cc3ccc(-c4ccccc4)cc3)C(=O)O)c2)cc1. The Balaban J connectivity index is 1.50. The van der Waals surface area contributed by atoms with E-state index in [4.69, 9.17) is 11.6 Å². The van der Waals surface area contributed by atoms with Crippen LogP contribution in [0.4, 0.5) is 0 Å². The molecular formula is C32H30ClNO3. The van der Waals surface area contributed by atoms with Crippen LogP contribution in [-0.4, -0.2) is 23.0 Å². The van der Waals surface area contributed by atoms with Crippen LogP contribution < -0.4 is 5.32 Å². The van der Waals surface area contributed by atoms with Crippen LogP contribution in [0, 0.1) is 0 Å². The predicted molar refractivity (Wildman–Crippen MR) is 150 cm³/mol. The van der Waals surface area contributed by atoms with Crippen molar-refractivity contribution in [2.45, 2.75) is 38.6 Å². The molecule has 4 nitrogen and oxygen atoms in total. The van der Waals surface area contributed by atoms with E-state index in [2.05, 4.69) is 38.2 Å². The Morgan fingerprint density at radius 3 is 1.92 bits per heavy atom. The molecule has 1 atom stereocenters. The number of halogens is 1. The van der Waals surface area contributed by atoms with Crippen LogP contribution in [0.15, 0.2) is 97.1 Å². The second kappa shape index (κ2) is 11.0. The van der Waals surface area contributed by atoms with Gasteiger partial charge in [0.25, 0.3) is 5.91 Å². The third-order valence-electron chi connectivity index (χ3n) is 6.40. The summed E-state index contributed by atoms with van der Waals surface area (Å²) in [6.07, 6.45) is 0.154. The van der Waals surface area contributed by atoms with Crippen LogP contribution in [0.1, 0.15) is 42.3 Å². The van der Waals surface area contributed by atoms with Crippen LogP contribution in [0.2, 0.25) is 5.02 Å². The molecule has 0 spiro atoms. The van der Waals surface area contributed by atoms with Gasteiger partial charge in [0.15, 0.2) is 0 Å². The predicted octanol–water partition coefficient (Wildman–Crippen LogP) is 7.40. The van der Waals surface area contributed by atoms with Crippen LogP contribution in [0.3, 0.4) is 0 Å². The van der Waals surface area contributed by atoms with Gasteiger partial charge in [0, 0.05) is 6.42 Å². The van der Waals surface area contributed by atoms with Crippen molar-refractivity contribution in [3.63, 3.8) is 0 Å². The highest BCUT2D eigenvalue weighted by atomic mass is 35.5. The molecule has 4 rings (SSSR count). The van der Waals surface area contributed by atoms with Gasteiger partial charge in [-0.1, -0.05) is 117 Å². The van der Waals surface area contributed by atoms with Gasteiger partial charge in [0.2, 0.25) is 0 Å². The number of hydrogen-bond acceptors (Lipinski definition) is 2. The van der Waals surface area contributed by atoms with E-state index in [1.54, 1.807) is 12.1 Å². The van der Waals surface area contributed by atoms with E-state index in [1.165, 1.54) is 5.56 Å². The van der Waals surface area contributed by atoms with Crippen molar-refractivity contribution in [3.05, 3.63) is 119 Å². The summed E-state index contributed by atoms with van der Waals surface area (Å²) in [5.74, 6) is -1.63. The largest absolute Gasteiger partial charge is 0.480 e. The number of nitrogens with one attached hydrogen (secondary N) is 1. The molecule has 0 aliphatic rings. The Morgan fingerprint density at radius 1 is 0.784 bits per heavy atom. The Hall–Kier alpha value is -3.89. The molecule has 0 saturated heterocycles. The summed E-state index contributed by atoms with van der Waals surface area (Å²) in [6.45, 7) is 6.47. The maximum absolute atomic E-state index is 13.1. The van der Waals surface area contributed by atoms with E-state index in [-0.39, 0.29) is 22.4 Å². The highest BCUT2D eigenvalue weighted by Gasteiger charge is 2.23. The van der Waals surface area contributed by atoms with Gasteiger partial charge in [0.1, 0.15) is 6.04 Å². The number of aliphatic carboxylic acids is 1. The maximum Gasteiger partial charge on any atom is 0.326 e. The van der Waals surface area contributed by atoms with Gasteiger partial charge >= 0.3 is 5.97 Å². The second-order valence-electron chi connectivity index (χ2n) is 10.2. The summed E-state index contributed by atoms with van der Waals surface area (Å²) >= 11 is 6.35. The lowest BCUT2D eigenvalue weighted by atomic mass is 9.86. The van der Waals surface area contributed by atoms with Crippen molar-refractivity contribution in [1.29, 1.82) is 0 Å². The second-order valence-corrected chi connectivity index (χ2v) is 10.6. The molecule has 37 heavy (non-hydrogen) atoms. The van der Waals surface area contributed by atoms with Crippen molar-refractivity contribution in [2.75, 3.05) is 0 Å². The third-order valence-corrected chi connectivity index (χ3v) is 6.73. The van der Waals surface area contributed by atoms with Gasteiger partial charge in [-0.05, 0) is 50.9 Å². The molecule has 0 aliphatic carbocycles. The summed E-state index contributed by atoms with van der Waals surface area (Å²) in [5.41, 5.74) is 6.21. The molecule has 0 fully saturated rings. The van der Waals surface area contributed by atoms with Crippen LogP contribution in [0.25, 0.3) is 22.3 Å². The number of amides is 1. The Kier molecular flexibility index (Phi) is 7.80. The van der Waals surface area contributed by atoms with E-state index >= 15 is 0 Å². The minimum absolute atomic E-state index is 0.0390. The fourth-order valence-corrected chi connectivity index (χ4v) is 4.38. The maximum atomic E-state index is 13.1. The molecule has 0 radical (unpaired) electrons. The molecular weight excluding hydrogens is 482 g/mol. The molecule has 2 N–H and O–H groups in total. The van der Waals surface area contributed by atoms with Gasteiger partial charge in [-0.15, -0.1) is 0 Å². The van der Waals surface area contributed by atoms with Crippen molar-refractivity contribution < 1.29 is 14.7 Å². The highest BCUT2D eigenvalue weighted by Crippen LogP contribution is 2.29. The minimum atomic E-state index is -1.11. The summed E-state index contributed by atoms with van der Waals surface area (Å²) in [4.78, 5) is 25.1. The van der Waals surface area contributed by atoms with Crippen molar-refractivity contribution in [3.8, 4) is 22.3 Å². The third kappa shape index (κ3) is 6.46. The van der Waals surface area contributed by atoms with Crippen LogP contribution >= 0.6 is 11.6 Å². The normalized spacial score (nSPS) is 12.1. The van der Waals surface area contributed by atoms with Crippen LogP contribution in [0.5, 0.6) is 0 Å². The first-order chi connectivity index (χ1) is 17.6. The van der Waals surface area contributed by atoms with E-state index in [1.807, 2.05) is 72.8 Å². The first kappa shape index (κ1) is 26.2. The first-order valence-electron chi connectivity index (χ1n) is 12.2. The molecule has 5 heteroatoms. The van der Waals surface area contributed by atoms with E-state index in [0.29, 0.717) is 0 Å². The van der Waals surface area contributed by atoms with Gasteiger partial charge in [0.05, 0.1) is 10.6 Å². The molecule has 0 bridgehead atoms. The molecule has 4 aromatic carbocycles. The number of carbonyl (C=O) groups excluding carboxylic acids is 1. The number of rotatable bonds is 7. The van der Waals surface area contributed by atoms with Gasteiger partial charge in [-0.3, -0.25) is 4.79 Å². The first-order valence-corrected chi connectivity index (χ1v) is 12.6. The zero-order valence-electron chi connectivity index (χ0n) is 21.2. The molecule has 0 aromatic heterocycles. The van der Waals surface area contributed by atoms with Gasteiger partial charge in [-0.2, -0.15) is 0 Å². The zero-order chi connectivity index (χ0) is 26.6. The van der Waals surface area contributed by atoms with Crippen LogP contribution in [-0.2, 0) is 16.6 Å². The lowest BCUT2D eigenvalue weighted by Crippen LogP contribution is -2.42. The summed E-state index contributed by atoms with van der Waals surface area (Å²) in [7, 11) is 0. The topological polar surface area (TPSA) is 66.4 Å². The number of carbonyl (C=O) groups is 2. The summed E-state index contributed by atoms with van der Waals surface area (Å²) in [6, 6.07) is 30.0. The summed E-state index contributed by atoms with van der Waals surface area (Å²) in [5, 5.41) is 12.7. The molecule has 188 valence electrons.